The summed E-state index contributed by atoms with van der Waals surface area (Å²) in [6, 6.07) is 9.73. The third kappa shape index (κ3) is 5.79. The number of likely N-dealkylation sites (tertiary alicyclic amines) is 1. The molecule has 1 heterocycles. The summed E-state index contributed by atoms with van der Waals surface area (Å²) in [5.41, 5.74) is 7.06. The fourth-order valence-corrected chi connectivity index (χ4v) is 2.65. The van der Waals surface area contributed by atoms with E-state index in [1.165, 1.54) is 5.56 Å². The zero-order chi connectivity index (χ0) is 16.2. The largest absolute Gasteiger partial charge is 0.376 e. The summed E-state index contributed by atoms with van der Waals surface area (Å²) in [6.45, 7) is 8.90. The van der Waals surface area contributed by atoms with E-state index in [1.54, 1.807) is 0 Å². The van der Waals surface area contributed by atoms with Crippen molar-refractivity contribution in [1.82, 2.24) is 4.90 Å². The second-order valence-electron chi connectivity index (χ2n) is 7.28. The van der Waals surface area contributed by atoms with Crippen LogP contribution in [0, 0.1) is 11.3 Å². The minimum absolute atomic E-state index is 0. The Morgan fingerprint density at radius 1 is 1.35 bits per heavy atom. The van der Waals surface area contributed by atoms with Crippen LogP contribution in [0.1, 0.15) is 32.8 Å². The van der Waals surface area contributed by atoms with Crippen LogP contribution in [0.4, 0.5) is 0 Å². The average Bonchev–Trinajstić information content (AvgIpc) is 2.95. The van der Waals surface area contributed by atoms with Gasteiger partial charge < -0.3 is 15.4 Å². The Balaban J connectivity index is 0.00000264. The van der Waals surface area contributed by atoms with Gasteiger partial charge in [0.1, 0.15) is 0 Å². The van der Waals surface area contributed by atoms with E-state index in [9.17, 15) is 4.79 Å². The fourth-order valence-electron chi connectivity index (χ4n) is 2.65. The SMILES string of the molecule is CC(C)(C)[C@H](N)C(=O)N1CCC(COCc2ccccc2)C1.Cl. The number of benzene rings is 1. The molecule has 1 aliphatic rings. The quantitative estimate of drug-likeness (QED) is 0.896. The molecule has 0 radical (unpaired) electrons. The van der Waals surface area contributed by atoms with Crippen LogP contribution in [-0.2, 0) is 16.1 Å². The molecule has 1 aromatic carbocycles. The number of carbonyl (C=O) groups is 1. The second kappa shape index (κ2) is 8.67. The molecular weight excluding hydrogens is 312 g/mol. The molecule has 4 nitrogen and oxygen atoms in total. The zero-order valence-corrected chi connectivity index (χ0v) is 15.1. The van der Waals surface area contributed by atoms with Crippen LogP contribution in [-0.4, -0.2) is 36.5 Å². The summed E-state index contributed by atoms with van der Waals surface area (Å²) >= 11 is 0. The summed E-state index contributed by atoms with van der Waals surface area (Å²) in [5.74, 6) is 0.484. The molecule has 0 saturated carbocycles. The van der Waals surface area contributed by atoms with Gasteiger partial charge >= 0.3 is 0 Å². The van der Waals surface area contributed by atoms with E-state index in [1.807, 2.05) is 43.9 Å². The molecule has 1 aliphatic heterocycles. The summed E-state index contributed by atoms with van der Waals surface area (Å²) < 4.78 is 5.79. The van der Waals surface area contributed by atoms with Gasteiger partial charge in [-0.1, -0.05) is 51.1 Å². The number of nitrogens with zero attached hydrogens (tertiary/aromatic N) is 1. The maximum atomic E-state index is 12.4. The van der Waals surface area contributed by atoms with Crippen molar-refractivity contribution in [2.45, 2.75) is 39.8 Å². The smallest absolute Gasteiger partial charge is 0.240 e. The van der Waals surface area contributed by atoms with Crippen molar-refractivity contribution in [1.29, 1.82) is 0 Å². The minimum Gasteiger partial charge on any atom is -0.376 e. The van der Waals surface area contributed by atoms with E-state index in [4.69, 9.17) is 10.5 Å². The Morgan fingerprint density at radius 2 is 2.00 bits per heavy atom. The third-order valence-electron chi connectivity index (χ3n) is 4.26. The van der Waals surface area contributed by atoms with Gasteiger partial charge in [-0.3, -0.25) is 4.79 Å². The van der Waals surface area contributed by atoms with Crippen molar-refractivity contribution in [2.24, 2.45) is 17.1 Å². The maximum Gasteiger partial charge on any atom is 0.240 e. The Morgan fingerprint density at radius 3 is 2.61 bits per heavy atom. The van der Waals surface area contributed by atoms with Crippen LogP contribution >= 0.6 is 12.4 Å². The topological polar surface area (TPSA) is 55.6 Å². The van der Waals surface area contributed by atoms with Gasteiger partial charge in [0, 0.05) is 19.0 Å². The summed E-state index contributed by atoms with van der Waals surface area (Å²) in [6.07, 6.45) is 0.997. The van der Waals surface area contributed by atoms with Gasteiger partial charge in [-0.25, -0.2) is 0 Å². The van der Waals surface area contributed by atoms with Gasteiger partial charge in [-0.15, -0.1) is 12.4 Å². The van der Waals surface area contributed by atoms with Gasteiger partial charge in [0.05, 0.1) is 19.3 Å². The van der Waals surface area contributed by atoms with Crippen LogP contribution in [0.2, 0.25) is 0 Å². The molecule has 23 heavy (non-hydrogen) atoms. The van der Waals surface area contributed by atoms with Crippen LogP contribution < -0.4 is 5.73 Å². The summed E-state index contributed by atoms with van der Waals surface area (Å²) in [4.78, 5) is 14.3. The predicted molar refractivity (Wildman–Crippen MR) is 95.5 cm³/mol. The summed E-state index contributed by atoms with van der Waals surface area (Å²) in [5, 5.41) is 0. The van der Waals surface area contributed by atoms with Gasteiger partial charge in [0.25, 0.3) is 0 Å². The predicted octanol–water partition coefficient (Wildman–Crippen LogP) is 2.85. The zero-order valence-electron chi connectivity index (χ0n) is 14.3. The normalized spacial score (nSPS) is 19.3. The number of rotatable bonds is 5. The lowest BCUT2D eigenvalue weighted by Crippen LogP contribution is -2.49. The van der Waals surface area contributed by atoms with Gasteiger partial charge in [0.15, 0.2) is 0 Å². The van der Waals surface area contributed by atoms with Crippen molar-refractivity contribution in [3.63, 3.8) is 0 Å². The third-order valence-corrected chi connectivity index (χ3v) is 4.26. The van der Waals surface area contributed by atoms with E-state index >= 15 is 0 Å². The highest BCUT2D eigenvalue weighted by atomic mass is 35.5. The van der Waals surface area contributed by atoms with E-state index in [2.05, 4.69) is 12.1 Å². The van der Waals surface area contributed by atoms with Crippen LogP contribution in [0.5, 0.6) is 0 Å². The lowest BCUT2D eigenvalue weighted by atomic mass is 9.86. The summed E-state index contributed by atoms with van der Waals surface area (Å²) in [7, 11) is 0. The molecule has 1 fully saturated rings. The standard InChI is InChI=1S/C18H28N2O2.ClH/c1-18(2,3)16(19)17(21)20-10-9-15(11-20)13-22-12-14-7-5-4-6-8-14;/h4-8,15-16H,9-13,19H2,1-3H3;1H/t15?,16-;/m1./s1. The molecule has 130 valence electrons. The molecule has 1 saturated heterocycles. The number of hydrogen-bond donors (Lipinski definition) is 1. The van der Waals surface area contributed by atoms with Gasteiger partial charge in [-0.05, 0) is 17.4 Å². The number of carbonyl (C=O) groups excluding carboxylic acids is 1. The molecule has 1 aromatic rings. The van der Waals surface area contributed by atoms with Crippen molar-refractivity contribution < 1.29 is 9.53 Å². The molecule has 5 heteroatoms. The highest BCUT2D eigenvalue weighted by Crippen LogP contribution is 2.23. The molecule has 2 rings (SSSR count). The van der Waals surface area contributed by atoms with E-state index < -0.39 is 6.04 Å². The lowest BCUT2D eigenvalue weighted by molar-refractivity contribution is -0.134. The van der Waals surface area contributed by atoms with Gasteiger partial charge in [0.2, 0.25) is 5.91 Å². The first kappa shape index (κ1) is 19.9. The van der Waals surface area contributed by atoms with Crippen molar-refractivity contribution >= 4 is 18.3 Å². The average molecular weight is 341 g/mol. The maximum absolute atomic E-state index is 12.4. The highest BCUT2D eigenvalue weighted by Gasteiger charge is 2.34. The molecule has 2 N–H and O–H groups in total. The van der Waals surface area contributed by atoms with Crippen LogP contribution in [0.15, 0.2) is 30.3 Å². The molecule has 2 atom stereocenters. The molecule has 1 amide bonds. The first-order chi connectivity index (χ1) is 10.4. The van der Waals surface area contributed by atoms with Crippen molar-refractivity contribution in [3.8, 4) is 0 Å². The van der Waals surface area contributed by atoms with Crippen molar-refractivity contribution in [3.05, 3.63) is 35.9 Å². The van der Waals surface area contributed by atoms with Crippen LogP contribution in [0.3, 0.4) is 0 Å². The van der Waals surface area contributed by atoms with Crippen molar-refractivity contribution in [2.75, 3.05) is 19.7 Å². The fraction of sp³-hybridized carbons (Fsp3) is 0.611. The molecular formula is C18H29ClN2O2. The molecule has 0 aromatic heterocycles. The van der Waals surface area contributed by atoms with Gasteiger partial charge in [-0.2, -0.15) is 0 Å². The Hall–Kier alpha value is -1.10. The molecule has 1 unspecified atom stereocenters. The van der Waals surface area contributed by atoms with E-state index in [0.717, 1.165) is 19.5 Å². The lowest BCUT2D eigenvalue weighted by Gasteiger charge is -2.30. The number of amides is 1. The van der Waals surface area contributed by atoms with Crippen LogP contribution in [0.25, 0.3) is 0 Å². The van der Waals surface area contributed by atoms with E-state index in [0.29, 0.717) is 19.1 Å². The first-order valence-corrected chi connectivity index (χ1v) is 8.04. The number of halogens is 1. The Bertz CT molecular complexity index is 488. The number of ether oxygens (including phenoxy) is 1. The highest BCUT2D eigenvalue weighted by molar-refractivity contribution is 5.85. The number of hydrogen-bond acceptors (Lipinski definition) is 3. The molecule has 0 bridgehead atoms. The molecule has 0 spiro atoms. The Kier molecular flexibility index (Phi) is 7.52. The number of nitrogens with two attached hydrogens (primary N) is 1. The van der Waals surface area contributed by atoms with E-state index in [-0.39, 0.29) is 23.7 Å². The second-order valence-corrected chi connectivity index (χ2v) is 7.28. The monoisotopic (exact) mass is 340 g/mol. The minimum atomic E-state index is -0.434. The molecule has 0 aliphatic carbocycles. The Labute approximate surface area is 145 Å². The first-order valence-electron chi connectivity index (χ1n) is 8.04.